The molecule has 1 amide bonds. The maximum Gasteiger partial charge on any atom is 0.227 e. The Labute approximate surface area is 150 Å². The molecule has 1 aliphatic carbocycles. The summed E-state index contributed by atoms with van der Waals surface area (Å²) in [6.07, 6.45) is 8.55. The lowest BCUT2D eigenvalue weighted by Gasteiger charge is -2.28. The highest BCUT2D eigenvalue weighted by Crippen LogP contribution is 2.40. The van der Waals surface area contributed by atoms with Crippen LogP contribution in [0.15, 0.2) is 23.3 Å². The lowest BCUT2D eigenvalue weighted by Crippen LogP contribution is -2.43. The number of amides is 1. The van der Waals surface area contributed by atoms with Gasteiger partial charge < -0.3 is 16.0 Å². The zero-order valence-corrected chi connectivity index (χ0v) is 15.7. The Morgan fingerprint density at radius 3 is 2.64 bits per heavy atom. The second kappa shape index (κ2) is 9.39. The molecule has 2 rings (SSSR count). The average molecular weight is 345 g/mol. The summed E-state index contributed by atoms with van der Waals surface area (Å²) in [5.74, 6) is 1.30. The normalized spacial score (nSPS) is 16.5. The molecule has 0 spiro atoms. The van der Waals surface area contributed by atoms with Crippen LogP contribution in [-0.2, 0) is 4.79 Å². The summed E-state index contributed by atoms with van der Waals surface area (Å²) < 4.78 is 0. The minimum absolute atomic E-state index is 0.0554. The van der Waals surface area contributed by atoms with E-state index in [1.165, 1.54) is 32.1 Å². The van der Waals surface area contributed by atoms with Crippen molar-refractivity contribution in [3.63, 3.8) is 0 Å². The van der Waals surface area contributed by atoms with E-state index in [4.69, 9.17) is 0 Å². The van der Waals surface area contributed by atoms with Crippen LogP contribution in [0.4, 0.5) is 5.82 Å². The van der Waals surface area contributed by atoms with Crippen LogP contribution < -0.4 is 16.0 Å². The van der Waals surface area contributed by atoms with Crippen molar-refractivity contribution in [1.29, 1.82) is 0 Å². The third-order valence-electron chi connectivity index (χ3n) is 5.09. The van der Waals surface area contributed by atoms with Crippen LogP contribution >= 0.6 is 0 Å². The molecule has 0 radical (unpaired) electrons. The van der Waals surface area contributed by atoms with Gasteiger partial charge in [0.1, 0.15) is 5.82 Å². The highest BCUT2D eigenvalue weighted by atomic mass is 16.1. The Hall–Kier alpha value is -2.11. The molecule has 3 N–H and O–H groups in total. The number of carbonyl (C=O) groups excluding carboxylic acids is 1. The number of hydrogen-bond donors (Lipinski definition) is 3. The summed E-state index contributed by atoms with van der Waals surface area (Å²) in [4.78, 5) is 20.4. The molecule has 0 saturated heterocycles. The molecular weight excluding hydrogens is 314 g/mol. The van der Waals surface area contributed by atoms with Gasteiger partial charge in [0, 0.05) is 32.8 Å². The third-order valence-corrected chi connectivity index (χ3v) is 5.09. The number of pyridine rings is 1. The van der Waals surface area contributed by atoms with Gasteiger partial charge in [-0.25, -0.2) is 4.98 Å². The molecule has 0 aromatic carbocycles. The molecule has 6 heteroatoms. The van der Waals surface area contributed by atoms with Gasteiger partial charge in [0.2, 0.25) is 5.91 Å². The Morgan fingerprint density at radius 2 is 2.04 bits per heavy atom. The molecule has 1 aromatic rings. The van der Waals surface area contributed by atoms with E-state index in [1.54, 1.807) is 13.2 Å². The SMILES string of the molecule is CCC1(CNC(=NC)NCCC(=O)Nc2ccc(C)cn2)CCCC1. The lowest BCUT2D eigenvalue weighted by molar-refractivity contribution is -0.116. The van der Waals surface area contributed by atoms with E-state index in [1.807, 2.05) is 19.1 Å². The van der Waals surface area contributed by atoms with Gasteiger partial charge in [-0.15, -0.1) is 0 Å². The van der Waals surface area contributed by atoms with Crippen LogP contribution in [0.25, 0.3) is 0 Å². The zero-order chi connectivity index (χ0) is 18.1. The first-order valence-corrected chi connectivity index (χ1v) is 9.24. The van der Waals surface area contributed by atoms with Gasteiger partial charge >= 0.3 is 0 Å². The summed E-state index contributed by atoms with van der Waals surface area (Å²) in [5.41, 5.74) is 1.48. The van der Waals surface area contributed by atoms with Gasteiger partial charge in [-0.2, -0.15) is 0 Å². The molecule has 0 bridgehead atoms. The molecule has 0 aliphatic heterocycles. The molecule has 1 aromatic heterocycles. The standard InChI is InChI=1S/C19H31N5O/c1-4-19(10-5-6-11-19)14-23-18(20-3)21-12-9-17(25)24-16-8-7-15(2)13-22-16/h7-8,13H,4-6,9-12,14H2,1-3H3,(H2,20,21,23)(H,22,24,25). The van der Waals surface area contributed by atoms with Crippen molar-refractivity contribution in [1.82, 2.24) is 15.6 Å². The first-order valence-electron chi connectivity index (χ1n) is 9.24. The van der Waals surface area contributed by atoms with Gasteiger partial charge in [0.25, 0.3) is 0 Å². The number of aromatic nitrogens is 1. The van der Waals surface area contributed by atoms with Crippen molar-refractivity contribution in [2.75, 3.05) is 25.5 Å². The van der Waals surface area contributed by atoms with Gasteiger partial charge in [-0.05, 0) is 43.2 Å². The van der Waals surface area contributed by atoms with E-state index in [9.17, 15) is 4.79 Å². The molecule has 1 fully saturated rings. The molecular formula is C19H31N5O. The molecule has 1 aliphatic rings. The van der Waals surface area contributed by atoms with E-state index in [2.05, 4.69) is 32.9 Å². The topological polar surface area (TPSA) is 78.4 Å². The van der Waals surface area contributed by atoms with Crippen LogP contribution in [0.3, 0.4) is 0 Å². The Balaban J connectivity index is 1.69. The molecule has 0 atom stereocenters. The quantitative estimate of drug-likeness (QED) is 0.524. The fourth-order valence-corrected chi connectivity index (χ4v) is 3.31. The number of carbonyl (C=O) groups is 1. The van der Waals surface area contributed by atoms with E-state index in [0.717, 1.165) is 18.1 Å². The summed E-state index contributed by atoms with van der Waals surface area (Å²) in [7, 11) is 1.76. The number of anilines is 1. The molecule has 0 unspecified atom stereocenters. The van der Waals surface area contributed by atoms with Gasteiger partial charge in [-0.1, -0.05) is 25.8 Å². The fourth-order valence-electron chi connectivity index (χ4n) is 3.31. The number of aryl methyl sites for hydroxylation is 1. The van der Waals surface area contributed by atoms with E-state index < -0.39 is 0 Å². The molecule has 6 nitrogen and oxygen atoms in total. The van der Waals surface area contributed by atoms with Crippen molar-refractivity contribution in [3.05, 3.63) is 23.9 Å². The van der Waals surface area contributed by atoms with Crippen molar-refractivity contribution in [2.24, 2.45) is 10.4 Å². The van der Waals surface area contributed by atoms with E-state index in [0.29, 0.717) is 24.2 Å². The third kappa shape index (κ3) is 6.03. The number of nitrogens with one attached hydrogen (secondary N) is 3. The summed E-state index contributed by atoms with van der Waals surface area (Å²) in [5, 5.41) is 9.45. The van der Waals surface area contributed by atoms with Crippen LogP contribution in [-0.4, -0.2) is 37.0 Å². The number of rotatable bonds is 7. The fraction of sp³-hybridized carbons (Fsp3) is 0.632. The van der Waals surface area contributed by atoms with Gasteiger partial charge in [0.05, 0.1) is 0 Å². The summed E-state index contributed by atoms with van der Waals surface area (Å²) in [6.45, 7) is 5.72. The number of guanidine groups is 1. The highest BCUT2D eigenvalue weighted by Gasteiger charge is 2.31. The Kier molecular flexibility index (Phi) is 7.22. The van der Waals surface area contributed by atoms with E-state index >= 15 is 0 Å². The first-order chi connectivity index (χ1) is 12.1. The number of nitrogens with zero attached hydrogens (tertiary/aromatic N) is 2. The zero-order valence-electron chi connectivity index (χ0n) is 15.7. The molecule has 25 heavy (non-hydrogen) atoms. The lowest BCUT2D eigenvalue weighted by atomic mass is 9.83. The predicted octanol–water partition coefficient (Wildman–Crippen LogP) is 2.85. The predicted molar refractivity (Wildman–Crippen MR) is 103 cm³/mol. The van der Waals surface area contributed by atoms with Gasteiger partial charge in [0.15, 0.2) is 5.96 Å². The maximum atomic E-state index is 12.0. The second-order valence-corrected chi connectivity index (χ2v) is 6.93. The Morgan fingerprint density at radius 1 is 1.28 bits per heavy atom. The summed E-state index contributed by atoms with van der Waals surface area (Å²) >= 11 is 0. The number of hydrogen-bond acceptors (Lipinski definition) is 3. The molecule has 138 valence electrons. The minimum Gasteiger partial charge on any atom is -0.356 e. The van der Waals surface area contributed by atoms with E-state index in [-0.39, 0.29) is 5.91 Å². The second-order valence-electron chi connectivity index (χ2n) is 6.93. The monoisotopic (exact) mass is 345 g/mol. The highest BCUT2D eigenvalue weighted by molar-refractivity contribution is 5.90. The maximum absolute atomic E-state index is 12.0. The number of aliphatic imine (C=N–C) groups is 1. The molecule has 1 heterocycles. The van der Waals surface area contributed by atoms with Crippen molar-refractivity contribution in [3.8, 4) is 0 Å². The largest absolute Gasteiger partial charge is 0.356 e. The van der Waals surface area contributed by atoms with Crippen LogP contribution in [0.1, 0.15) is 51.0 Å². The van der Waals surface area contributed by atoms with Crippen molar-refractivity contribution < 1.29 is 4.79 Å². The molecule has 1 saturated carbocycles. The van der Waals surface area contributed by atoms with Crippen LogP contribution in [0, 0.1) is 12.3 Å². The van der Waals surface area contributed by atoms with Crippen molar-refractivity contribution >= 4 is 17.7 Å². The average Bonchev–Trinajstić information content (AvgIpc) is 3.09. The van der Waals surface area contributed by atoms with Crippen molar-refractivity contribution in [2.45, 2.75) is 52.4 Å². The smallest absolute Gasteiger partial charge is 0.227 e. The summed E-state index contributed by atoms with van der Waals surface area (Å²) in [6, 6.07) is 3.74. The van der Waals surface area contributed by atoms with Crippen LogP contribution in [0.2, 0.25) is 0 Å². The Bertz CT molecular complexity index is 576. The minimum atomic E-state index is -0.0554. The first kappa shape index (κ1) is 19.2. The van der Waals surface area contributed by atoms with Gasteiger partial charge in [-0.3, -0.25) is 9.79 Å². The van der Waals surface area contributed by atoms with Crippen LogP contribution in [0.5, 0.6) is 0 Å².